The van der Waals surface area contributed by atoms with Gasteiger partial charge in [-0.25, -0.2) is 4.57 Å². The van der Waals surface area contributed by atoms with Crippen molar-refractivity contribution < 1.29 is 191 Å². The van der Waals surface area contributed by atoms with E-state index in [9.17, 15) is 121 Å². The molecule has 7 heterocycles. The first-order valence-corrected chi connectivity index (χ1v) is 32.0. The van der Waals surface area contributed by atoms with Crippen LogP contribution in [0, 0.1) is 0 Å². The Hall–Kier alpha value is -3.29. The SMILES string of the molecule is CC(=O)N[C@H]1[C@H](O[C@H]2[C@H](O)[C@@H](NC(C)=O)[C@H](O[C@@H]3[C@H](O)[C@H](O[C@H]4[C@H](O)[C@@H](O)[C@H](O)O[C@@H]4CO)O[C@H](CO)[C@H]3O)O[C@@H]2COP(=O)(O)OCCN)O[C@H](CO)[C@H](O[C@H]2O[C@H](CO)[C@H](O)[C@H](O[C@@H]3O[C@H](CO)[C@H](O)[C@H](O[C@@H]4O[C@H](CO)[C@@H](O)[C@H](O)[C@H]4NC(C)=O)[C@H]3O)[C@H]2NC(C)=O)[C@@H]1O. The summed E-state index contributed by atoms with van der Waals surface area (Å²) in [6.07, 6.45) is -62.2. The highest BCUT2D eigenvalue weighted by Crippen LogP contribution is 2.45. The number of ether oxygens (including phenoxy) is 13. The topological polar surface area (TPSA) is 682 Å². The summed E-state index contributed by atoms with van der Waals surface area (Å²) in [6.45, 7) is -4.49. The van der Waals surface area contributed by atoms with E-state index in [1.54, 1.807) is 0 Å². The lowest BCUT2D eigenvalue weighted by Crippen LogP contribution is -2.72. The Bertz CT molecular complexity index is 2570. The summed E-state index contributed by atoms with van der Waals surface area (Å²) in [4.78, 5) is 62.0. The third-order valence-corrected chi connectivity index (χ3v) is 17.7. The standard InChI is InChI=1S/C52H90N5O39P/c1-14(64)54-25-33(72)29(68)18(7-58)85-47(25)95-45-32(71)21(10-61)88-52(39(45)78)94-43-28(57-17(4)67)50(86-19(8-59)30(43)69)91-40-23(12-63)89-48(26(34(40)73)55-15(2)65)92-42-24(13-83-97(80,81)82-6-5-53)90-49(27(35(42)74)56-16(3)66)96-44-31(70)20(9-60)87-51(38(44)77)93-41-22(11-62)84-46(79)37(76)36(41)75/h18-52,58-63,68-79H,5-13,53H2,1-4H3,(H,54,64)(H,55,65)(H,56,66)(H,57,67)(H,80,81)/t18-,19-,20-,21-,22-,23-,24-,25-,26-,27-,28-,29-,30+,31-,32+,33-,34-,35-,36-,37-,38+,39-,40+,41-,42-,43-,44+,45+,46-,47+,48+,49+,50-,51+,52+/m1/s1. The van der Waals surface area contributed by atoms with Gasteiger partial charge in [-0.05, 0) is 0 Å². The third-order valence-electron chi connectivity index (χ3n) is 16.7. The van der Waals surface area contributed by atoms with Crippen LogP contribution in [0.25, 0.3) is 0 Å². The summed E-state index contributed by atoms with van der Waals surface area (Å²) in [6, 6.07) is -7.47. The summed E-state index contributed by atoms with van der Waals surface area (Å²) in [5, 5.41) is 207. The summed E-state index contributed by atoms with van der Waals surface area (Å²) < 4.78 is 99.5. The van der Waals surface area contributed by atoms with Crippen LogP contribution >= 0.6 is 7.82 Å². The van der Waals surface area contributed by atoms with Gasteiger partial charge in [0, 0.05) is 34.2 Å². The molecule has 0 radical (unpaired) electrons. The number of hydrogen-bond acceptors (Lipinski definition) is 39. The molecule has 0 aromatic carbocycles. The molecule has 562 valence electrons. The second-order valence-corrected chi connectivity index (χ2v) is 25.2. The fourth-order valence-corrected chi connectivity index (χ4v) is 12.7. The van der Waals surface area contributed by atoms with Crippen LogP contribution in [-0.2, 0) is 94.4 Å². The molecule has 7 saturated heterocycles. The number of amides is 4. The highest BCUT2D eigenvalue weighted by Gasteiger charge is 2.60. The molecule has 36 atom stereocenters. The van der Waals surface area contributed by atoms with Gasteiger partial charge in [0.15, 0.2) is 44.0 Å². The van der Waals surface area contributed by atoms with E-state index in [-0.39, 0.29) is 6.54 Å². The molecule has 45 heteroatoms. The first-order valence-electron chi connectivity index (χ1n) is 30.5. The number of carbonyl (C=O) groups excluding carboxylic acids is 4. The predicted octanol–water partition coefficient (Wildman–Crippen LogP) is -15.6. The molecule has 97 heavy (non-hydrogen) atoms. The molecule has 25 N–H and O–H groups in total. The third kappa shape index (κ3) is 19.1. The largest absolute Gasteiger partial charge is 0.472 e. The molecule has 0 aromatic heterocycles. The predicted molar refractivity (Wildman–Crippen MR) is 302 cm³/mol. The normalized spacial score (nSPS) is 45.7. The number of phosphoric acid groups is 1. The maximum Gasteiger partial charge on any atom is 0.472 e. The molecule has 0 bridgehead atoms. The molecule has 44 nitrogen and oxygen atoms in total. The van der Waals surface area contributed by atoms with Crippen molar-refractivity contribution in [1.29, 1.82) is 0 Å². The highest BCUT2D eigenvalue weighted by molar-refractivity contribution is 7.47. The van der Waals surface area contributed by atoms with Crippen LogP contribution in [0.5, 0.6) is 0 Å². The van der Waals surface area contributed by atoms with E-state index in [0.717, 1.165) is 27.7 Å². The van der Waals surface area contributed by atoms with Crippen molar-refractivity contribution in [3.05, 3.63) is 0 Å². The molecular formula is C52H90N5O39P. The zero-order valence-electron chi connectivity index (χ0n) is 52.3. The summed E-state index contributed by atoms with van der Waals surface area (Å²) >= 11 is 0. The lowest BCUT2D eigenvalue weighted by Gasteiger charge is -2.51. The van der Waals surface area contributed by atoms with Crippen molar-refractivity contribution in [1.82, 2.24) is 21.3 Å². The van der Waals surface area contributed by atoms with E-state index >= 15 is 0 Å². The number of hydrogen-bond donors (Lipinski definition) is 24. The van der Waals surface area contributed by atoms with Crippen LogP contribution in [0.1, 0.15) is 27.7 Å². The Morgan fingerprint density at radius 1 is 0.351 bits per heavy atom. The second-order valence-electron chi connectivity index (χ2n) is 23.7. The zero-order valence-corrected chi connectivity index (χ0v) is 53.2. The molecule has 7 aliphatic rings. The Morgan fingerprint density at radius 2 is 0.660 bits per heavy atom. The number of nitrogens with two attached hydrogens (primary N) is 1. The number of aliphatic hydroxyl groups excluding tert-OH is 18. The van der Waals surface area contributed by atoms with Gasteiger partial charge in [-0.2, -0.15) is 0 Å². The lowest BCUT2D eigenvalue weighted by molar-refractivity contribution is -0.382. The number of aliphatic hydroxyl groups is 18. The summed E-state index contributed by atoms with van der Waals surface area (Å²) in [5.74, 6) is -3.64. The van der Waals surface area contributed by atoms with Gasteiger partial charge in [0.05, 0.1) is 52.9 Å². The Labute approximate surface area is 550 Å². The highest BCUT2D eigenvalue weighted by atomic mass is 31.2. The molecule has 7 aliphatic heterocycles. The molecule has 7 rings (SSSR count). The number of nitrogens with one attached hydrogen (secondary N) is 4. The molecule has 0 spiro atoms. The Kier molecular flexibility index (Phi) is 29.8. The van der Waals surface area contributed by atoms with Crippen molar-refractivity contribution in [2.24, 2.45) is 5.73 Å². The van der Waals surface area contributed by atoms with E-state index in [0.29, 0.717) is 0 Å². The molecule has 0 aromatic rings. The fourth-order valence-electron chi connectivity index (χ4n) is 12.0. The van der Waals surface area contributed by atoms with Crippen molar-refractivity contribution in [3.8, 4) is 0 Å². The zero-order chi connectivity index (χ0) is 71.8. The van der Waals surface area contributed by atoms with Gasteiger partial charge in [0.25, 0.3) is 0 Å². The fraction of sp³-hybridized carbons (Fsp3) is 0.923. The van der Waals surface area contributed by atoms with Crippen LogP contribution in [0.4, 0.5) is 0 Å². The molecule has 0 saturated carbocycles. The average molecular weight is 1440 g/mol. The summed E-state index contributed by atoms with van der Waals surface area (Å²) in [5.41, 5.74) is 5.45. The number of rotatable bonds is 28. The average Bonchev–Trinajstić information content (AvgIpc) is 0.773. The monoisotopic (exact) mass is 1440 g/mol. The first kappa shape index (κ1) is 81.0. The minimum Gasteiger partial charge on any atom is -0.394 e. The van der Waals surface area contributed by atoms with Gasteiger partial charge in [0.2, 0.25) is 23.6 Å². The van der Waals surface area contributed by atoms with Crippen molar-refractivity contribution in [3.63, 3.8) is 0 Å². The van der Waals surface area contributed by atoms with Crippen molar-refractivity contribution >= 4 is 31.5 Å². The maximum absolute atomic E-state index is 13.2. The van der Waals surface area contributed by atoms with Gasteiger partial charge < -0.3 is 185 Å². The second kappa shape index (κ2) is 35.7. The molecular weight excluding hydrogens is 1350 g/mol. The Morgan fingerprint density at radius 3 is 1.08 bits per heavy atom. The van der Waals surface area contributed by atoms with Gasteiger partial charge in [-0.1, -0.05) is 0 Å². The van der Waals surface area contributed by atoms with Gasteiger partial charge >= 0.3 is 7.82 Å². The molecule has 0 aliphatic carbocycles. The van der Waals surface area contributed by atoms with E-state index in [4.69, 9.17) is 76.4 Å². The maximum atomic E-state index is 13.2. The van der Waals surface area contributed by atoms with Crippen molar-refractivity contribution in [2.45, 2.75) is 242 Å². The van der Waals surface area contributed by atoms with E-state index < -0.39 is 299 Å². The van der Waals surface area contributed by atoms with Gasteiger partial charge in [-0.3, -0.25) is 28.2 Å². The minimum atomic E-state index is -5.16. The van der Waals surface area contributed by atoms with Crippen LogP contribution in [0.15, 0.2) is 0 Å². The van der Waals surface area contributed by atoms with Crippen LogP contribution in [-0.4, -0.2) is 395 Å². The molecule has 4 amide bonds. The molecule has 1 unspecified atom stereocenters. The van der Waals surface area contributed by atoms with E-state index in [1.807, 2.05) is 0 Å². The quantitative estimate of drug-likeness (QED) is 0.0324. The van der Waals surface area contributed by atoms with E-state index in [1.165, 1.54) is 0 Å². The Balaban J connectivity index is 1.18. The minimum absolute atomic E-state index is 0.316. The van der Waals surface area contributed by atoms with E-state index in [2.05, 4.69) is 21.3 Å². The molecule has 7 fully saturated rings. The van der Waals surface area contributed by atoms with Gasteiger partial charge in [0.1, 0.15) is 171 Å². The van der Waals surface area contributed by atoms with Crippen LogP contribution < -0.4 is 27.0 Å². The number of carbonyl (C=O) groups is 4. The van der Waals surface area contributed by atoms with Gasteiger partial charge in [-0.15, -0.1) is 0 Å². The van der Waals surface area contributed by atoms with Crippen LogP contribution in [0.3, 0.4) is 0 Å². The smallest absolute Gasteiger partial charge is 0.394 e. The number of phosphoric ester groups is 1. The van der Waals surface area contributed by atoms with Crippen LogP contribution in [0.2, 0.25) is 0 Å². The summed E-state index contributed by atoms with van der Waals surface area (Å²) in [7, 11) is -5.16. The van der Waals surface area contributed by atoms with Crippen molar-refractivity contribution in [2.75, 3.05) is 59.4 Å². The first-order chi connectivity index (χ1) is 45.8. The lowest BCUT2D eigenvalue weighted by atomic mass is 9.93.